The third kappa shape index (κ3) is 5.78. The number of hydrogen-bond acceptors (Lipinski definition) is 3. The SMILES string of the molecule is CCCC/C(C)=C\[S@@](=O)(=NS(=O)(=O)c1ccc(C)cc1)c1ccc(C)cc1. The molecule has 0 bridgehead atoms. The monoisotopic (exact) mass is 405 g/mol. The lowest BCUT2D eigenvalue weighted by atomic mass is 10.2. The Kier molecular flexibility index (Phi) is 7.00. The molecule has 4 nitrogen and oxygen atoms in total. The molecule has 0 aliphatic carbocycles. The van der Waals surface area contributed by atoms with Crippen molar-refractivity contribution in [2.24, 2.45) is 3.77 Å². The molecule has 6 heteroatoms. The van der Waals surface area contributed by atoms with Gasteiger partial charge in [0, 0.05) is 5.41 Å². The van der Waals surface area contributed by atoms with Crippen molar-refractivity contribution in [3.05, 3.63) is 70.6 Å². The summed E-state index contributed by atoms with van der Waals surface area (Å²) in [6.07, 6.45) is 2.73. The van der Waals surface area contributed by atoms with Gasteiger partial charge in [-0.1, -0.05) is 58.1 Å². The zero-order valence-corrected chi connectivity index (χ0v) is 17.9. The van der Waals surface area contributed by atoms with Gasteiger partial charge in [-0.25, -0.2) is 4.21 Å². The van der Waals surface area contributed by atoms with Crippen molar-refractivity contribution >= 4 is 19.8 Å². The van der Waals surface area contributed by atoms with E-state index in [0.717, 1.165) is 36.0 Å². The van der Waals surface area contributed by atoms with E-state index in [2.05, 4.69) is 10.7 Å². The van der Waals surface area contributed by atoms with Crippen LogP contribution in [-0.4, -0.2) is 12.6 Å². The Morgan fingerprint density at radius 1 is 0.889 bits per heavy atom. The summed E-state index contributed by atoms with van der Waals surface area (Å²) in [5, 5.41) is 1.53. The summed E-state index contributed by atoms with van der Waals surface area (Å²) in [4.78, 5) is 0.451. The fraction of sp³-hybridized carbons (Fsp3) is 0.333. The van der Waals surface area contributed by atoms with Crippen molar-refractivity contribution < 1.29 is 12.6 Å². The summed E-state index contributed by atoms with van der Waals surface area (Å²) in [7, 11) is -7.31. The first-order valence-corrected chi connectivity index (χ1v) is 12.0. The normalized spacial score (nSPS) is 14.6. The lowest BCUT2D eigenvalue weighted by molar-refractivity contribution is 0.598. The largest absolute Gasteiger partial charge is 0.290 e. The molecule has 0 aliphatic rings. The molecular weight excluding hydrogens is 378 g/mol. The highest BCUT2D eigenvalue weighted by Crippen LogP contribution is 2.24. The van der Waals surface area contributed by atoms with Crippen molar-refractivity contribution in [2.75, 3.05) is 0 Å². The second-order valence-corrected chi connectivity index (χ2v) is 10.7. The molecule has 0 spiro atoms. The first kappa shape index (κ1) is 21.4. The molecule has 0 amide bonds. The predicted octanol–water partition coefficient (Wildman–Crippen LogP) is 5.61. The van der Waals surface area contributed by atoms with E-state index in [1.165, 1.54) is 17.5 Å². The number of aryl methyl sites for hydroxylation is 2. The summed E-state index contributed by atoms with van der Waals surface area (Å²) in [6.45, 7) is 7.76. The summed E-state index contributed by atoms with van der Waals surface area (Å²) >= 11 is 0. The van der Waals surface area contributed by atoms with E-state index >= 15 is 0 Å². The Labute approximate surface area is 163 Å². The molecule has 0 fully saturated rings. The van der Waals surface area contributed by atoms with Gasteiger partial charge in [-0.2, -0.15) is 8.42 Å². The molecule has 2 aromatic rings. The number of unbranched alkanes of at least 4 members (excludes halogenated alkanes) is 1. The Balaban J connectivity index is 2.64. The number of sulfonamides is 1. The Morgan fingerprint density at radius 3 is 1.85 bits per heavy atom. The predicted molar refractivity (Wildman–Crippen MR) is 112 cm³/mol. The number of allylic oxidation sites excluding steroid dienone is 1. The van der Waals surface area contributed by atoms with Crippen molar-refractivity contribution in [1.82, 2.24) is 0 Å². The number of rotatable bonds is 7. The summed E-state index contributed by atoms with van der Waals surface area (Å²) in [5.41, 5.74) is 2.84. The van der Waals surface area contributed by atoms with Crippen LogP contribution >= 0.6 is 0 Å². The zero-order valence-electron chi connectivity index (χ0n) is 16.3. The molecule has 0 aliphatic heterocycles. The molecule has 1 atom stereocenters. The number of nitrogens with zero attached hydrogens (tertiary/aromatic N) is 1. The van der Waals surface area contributed by atoms with Crippen LogP contribution in [-0.2, 0) is 19.8 Å². The maximum absolute atomic E-state index is 13.7. The highest BCUT2D eigenvalue weighted by Gasteiger charge is 2.19. The molecule has 27 heavy (non-hydrogen) atoms. The van der Waals surface area contributed by atoms with Gasteiger partial charge < -0.3 is 0 Å². The fourth-order valence-electron chi connectivity index (χ4n) is 2.55. The van der Waals surface area contributed by atoms with Crippen molar-refractivity contribution in [3.8, 4) is 0 Å². The van der Waals surface area contributed by atoms with E-state index in [0.29, 0.717) is 4.90 Å². The van der Waals surface area contributed by atoms with E-state index in [4.69, 9.17) is 0 Å². The number of benzene rings is 2. The molecular formula is C21H27NO3S2. The van der Waals surface area contributed by atoms with Gasteiger partial charge >= 0.3 is 0 Å². The quantitative estimate of drug-likeness (QED) is 0.601. The number of hydrogen-bond donors (Lipinski definition) is 0. The van der Waals surface area contributed by atoms with Gasteiger partial charge in [0.25, 0.3) is 10.0 Å². The summed E-state index contributed by atoms with van der Waals surface area (Å²) in [6, 6.07) is 13.4. The average Bonchev–Trinajstić information content (AvgIpc) is 2.60. The summed E-state index contributed by atoms with van der Waals surface area (Å²) in [5.74, 6) is 0. The van der Waals surface area contributed by atoms with Crippen LogP contribution in [0, 0.1) is 13.8 Å². The molecule has 0 radical (unpaired) electrons. The van der Waals surface area contributed by atoms with Crippen LogP contribution in [0.15, 0.2) is 73.1 Å². The Bertz CT molecular complexity index is 1030. The minimum Gasteiger partial charge on any atom is -0.239 e. The second-order valence-electron chi connectivity index (χ2n) is 6.81. The molecule has 0 heterocycles. The molecule has 0 saturated heterocycles. The minimum absolute atomic E-state index is 0.0487. The van der Waals surface area contributed by atoms with Gasteiger partial charge in [-0.3, -0.25) is 0 Å². The Hall–Kier alpha value is -1.92. The second kappa shape index (κ2) is 8.85. The standard InChI is InChI=1S/C21H27NO3S2/c1-5-6-7-19(4)16-26(23,20-12-8-17(2)9-13-20)22-27(24,25)21-14-10-18(3)11-15-21/h8-16H,5-7H2,1-4H3/b19-16-/t26-/m0/s1. The van der Waals surface area contributed by atoms with Crippen molar-refractivity contribution in [1.29, 1.82) is 0 Å². The zero-order chi connectivity index (χ0) is 20.1. The van der Waals surface area contributed by atoms with Gasteiger partial charge in [-0.15, -0.1) is 0 Å². The highest BCUT2D eigenvalue weighted by atomic mass is 32.3. The first-order chi connectivity index (χ1) is 12.7. The minimum atomic E-state index is -4.05. The van der Waals surface area contributed by atoms with Gasteiger partial charge in [-0.05, 0) is 57.9 Å². The van der Waals surface area contributed by atoms with Crippen LogP contribution in [0.5, 0.6) is 0 Å². The van der Waals surface area contributed by atoms with Crippen LogP contribution < -0.4 is 0 Å². The van der Waals surface area contributed by atoms with E-state index in [1.54, 1.807) is 24.3 Å². The molecule has 2 rings (SSSR count). The molecule has 0 unspecified atom stereocenters. The summed E-state index contributed by atoms with van der Waals surface area (Å²) < 4.78 is 43.3. The maximum Gasteiger partial charge on any atom is 0.290 e. The average molecular weight is 406 g/mol. The smallest absolute Gasteiger partial charge is 0.239 e. The molecule has 0 aromatic heterocycles. The topological polar surface area (TPSA) is 63.6 Å². The molecule has 0 N–H and O–H groups in total. The van der Waals surface area contributed by atoms with Crippen LogP contribution in [0.3, 0.4) is 0 Å². The van der Waals surface area contributed by atoms with E-state index in [-0.39, 0.29) is 4.90 Å². The van der Waals surface area contributed by atoms with Crippen LogP contribution in [0.2, 0.25) is 0 Å². The van der Waals surface area contributed by atoms with E-state index < -0.39 is 19.8 Å². The molecule has 146 valence electrons. The van der Waals surface area contributed by atoms with E-state index in [1.807, 2.05) is 32.9 Å². The highest BCUT2D eigenvalue weighted by molar-refractivity contribution is 8.05. The molecule has 2 aromatic carbocycles. The maximum atomic E-state index is 13.7. The lowest BCUT2D eigenvalue weighted by Crippen LogP contribution is -2.05. The fourth-order valence-corrected chi connectivity index (χ4v) is 6.38. The Morgan fingerprint density at radius 2 is 1.37 bits per heavy atom. The van der Waals surface area contributed by atoms with Gasteiger partial charge in [0.2, 0.25) is 0 Å². The van der Waals surface area contributed by atoms with Crippen LogP contribution in [0.25, 0.3) is 0 Å². The molecule has 0 saturated carbocycles. The van der Waals surface area contributed by atoms with Crippen molar-refractivity contribution in [2.45, 2.75) is 56.7 Å². The first-order valence-electron chi connectivity index (χ1n) is 9.00. The third-order valence-electron chi connectivity index (χ3n) is 4.17. The van der Waals surface area contributed by atoms with Crippen LogP contribution in [0.1, 0.15) is 44.2 Å². The van der Waals surface area contributed by atoms with E-state index in [9.17, 15) is 12.6 Å². The van der Waals surface area contributed by atoms with Crippen LogP contribution in [0.4, 0.5) is 0 Å². The van der Waals surface area contributed by atoms with Crippen molar-refractivity contribution in [3.63, 3.8) is 0 Å². The van der Waals surface area contributed by atoms with Gasteiger partial charge in [0.15, 0.2) is 0 Å². The third-order valence-corrected chi connectivity index (χ3v) is 8.38. The lowest BCUT2D eigenvalue weighted by Gasteiger charge is -2.09. The van der Waals surface area contributed by atoms with Gasteiger partial charge in [0.05, 0.1) is 9.79 Å². The van der Waals surface area contributed by atoms with Gasteiger partial charge in [0.1, 0.15) is 9.73 Å².